The van der Waals surface area contributed by atoms with E-state index < -0.39 is 0 Å². The fourth-order valence-corrected chi connectivity index (χ4v) is 2.57. The Balaban J connectivity index is 1.94. The topological polar surface area (TPSA) is 64.2 Å². The number of hydrogen-bond acceptors (Lipinski definition) is 4. The van der Waals surface area contributed by atoms with E-state index in [0.29, 0.717) is 0 Å². The highest BCUT2D eigenvalue weighted by molar-refractivity contribution is 6.12. The van der Waals surface area contributed by atoms with Crippen LogP contribution in [0.5, 0.6) is 5.75 Å². The zero-order chi connectivity index (χ0) is 14.8. The van der Waals surface area contributed by atoms with Gasteiger partial charge in [0.1, 0.15) is 11.6 Å². The fourth-order valence-electron chi connectivity index (χ4n) is 2.57. The number of fused-ring (bicyclic) bond motifs is 3. The van der Waals surface area contributed by atoms with Gasteiger partial charge in [-0.2, -0.15) is 0 Å². The summed E-state index contributed by atoms with van der Waals surface area (Å²) in [5.74, 6) is 1.13. The maximum Gasteiger partial charge on any atom is 0.136 e. The van der Waals surface area contributed by atoms with E-state index in [1.165, 1.54) is 0 Å². The molecule has 2 aromatic heterocycles. The van der Waals surface area contributed by atoms with Crippen LogP contribution >= 0.6 is 0 Å². The second kappa shape index (κ2) is 5.61. The van der Waals surface area contributed by atoms with Crippen LogP contribution in [0.3, 0.4) is 0 Å². The van der Waals surface area contributed by atoms with Crippen LogP contribution in [0.4, 0.5) is 5.82 Å². The lowest BCUT2D eigenvalue weighted by atomic mass is 10.1. The minimum absolute atomic E-state index is 0.269. The van der Waals surface area contributed by atoms with E-state index in [1.54, 1.807) is 18.3 Å². The number of phenols is 1. The van der Waals surface area contributed by atoms with Crippen LogP contribution in [0.2, 0.25) is 0 Å². The van der Waals surface area contributed by atoms with Crippen LogP contribution in [0.25, 0.3) is 21.8 Å². The van der Waals surface area contributed by atoms with Gasteiger partial charge in [-0.3, -0.25) is 0 Å². The molecule has 0 saturated carbocycles. The molecule has 0 radical (unpaired) electrons. The summed E-state index contributed by atoms with van der Waals surface area (Å²) in [6.07, 6.45) is 2.85. The lowest BCUT2D eigenvalue weighted by Crippen LogP contribution is -2.16. The van der Waals surface area contributed by atoms with Crippen LogP contribution in [0, 0.1) is 0 Å². The van der Waals surface area contributed by atoms with Gasteiger partial charge in [-0.25, -0.2) is 4.98 Å². The largest absolute Gasteiger partial charge is 0.508 e. The van der Waals surface area contributed by atoms with Crippen LogP contribution in [0.1, 0.15) is 6.42 Å². The highest BCUT2D eigenvalue weighted by atomic mass is 16.3. The van der Waals surface area contributed by atoms with Gasteiger partial charge in [0.25, 0.3) is 0 Å². The first kappa shape index (κ1) is 13.7. The number of hydrogen-bond donors (Lipinski definition) is 3. The number of pyridine rings is 1. The van der Waals surface area contributed by atoms with Gasteiger partial charge in [0.05, 0.1) is 5.52 Å². The molecule has 0 aliphatic rings. The first-order chi connectivity index (χ1) is 10.1. The van der Waals surface area contributed by atoms with E-state index in [9.17, 15) is 5.11 Å². The van der Waals surface area contributed by atoms with E-state index in [-0.39, 0.29) is 5.75 Å². The Morgan fingerprint density at radius 2 is 2.10 bits per heavy atom. The third-order valence-corrected chi connectivity index (χ3v) is 3.57. The molecule has 0 aliphatic heterocycles. The van der Waals surface area contributed by atoms with Crippen molar-refractivity contribution in [2.45, 2.75) is 6.42 Å². The van der Waals surface area contributed by atoms with Crippen LogP contribution in [-0.2, 0) is 0 Å². The molecule has 0 fully saturated rings. The molecule has 0 aliphatic carbocycles. The quantitative estimate of drug-likeness (QED) is 0.630. The molecular formula is C16H20N4O. The molecule has 1 aromatic carbocycles. The van der Waals surface area contributed by atoms with Gasteiger partial charge in [-0.05, 0) is 51.3 Å². The van der Waals surface area contributed by atoms with Gasteiger partial charge < -0.3 is 20.3 Å². The number of benzene rings is 1. The number of nitrogens with zero attached hydrogens (tertiary/aromatic N) is 2. The van der Waals surface area contributed by atoms with Crippen molar-refractivity contribution >= 4 is 27.6 Å². The Hall–Kier alpha value is -2.27. The normalized spacial score (nSPS) is 11.6. The number of H-pyrrole nitrogens is 1. The monoisotopic (exact) mass is 284 g/mol. The van der Waals surface area contributed by atoms with Gasteiger partial charge in [0.2, 0.25) is 0 Å². The zero-order valence-corrected chi connectivity index (χ0v) is 12.3. The van der Waals surface area contributed by atoms with E-state index >= 15 is 0 Å². The zero-order valence-electron chi connectivity index (χ0n) is 12.3. The van der Waals surface area contributed by atoms with Crippen molar-refractivity contribution in [3.63, 3.8) is 0 Å². The smallest absolute Gasteiger partial charge is 0.136 e. The summed E-state index contributed by atoms with van der Waals surface area (Å²) in [5, 5.41) is 15.1. The van der Waals surface area contributed by atoms with Gasteiger partial charge in [-0.1, -0.05) is 0 Å². The number of phenolic OH excluding ortho intramolecular Hbond substituents is 1. The van der Waals surface area contributed by atoms with Crippen LogP contribution in [-0.4, -0.2) is 47.2 Å². The summed E-state index contributed by atoms with van der Waals surface area (Å²) in [7, 11) is 4.14. The SMILES string of the molecule is CN(C)CCCNc1nccc2[nH]c3ccc(O)cc3c12. The Morgan fingerprint density at radius 1 is 1.24 bits per heavy atom. The molecule has 0 amide bonds. The van der Waals surface area contributed by atoms with Crippen molar-refractivity contribution in [3.8, 4) is 5.75 Å². The Labute approximate surface area is 123 Å². The van der Waals surface area contributed by atoms with Crippen molar-refractivity contribution in [3.05, 3.63) is 30.5 Å². The Bertz CT molecular complexity index is 763. The van der Waals surface area contributed by atoms with E-state index in [1.807, 2.05) is 12.1 Å². The third-order valence-electron chi connectivity index (χ3n) is 3.57. The molecule has 0 bridgehead atoms. The number of aromatic nitrogens is 2. The van der Waals surface area contributed by atoms with Crippen molar-refractivity contribution < 1.29 is 5.11 Å². The summed E-state index contributed by atoms with van der Waals surface area (Å²) in [6.45, 7) is 1.91. The van der Waals surface area contributed by atoms with Crippen molar-refractivity contribution in [2.75, 3.05) is 32.5 Å². The molecule has 0 spiro atoms. The lowest BCUT2D eigenvalue weighted by molar-refractivity contribution is 0.405. The second-order valence-corrected chi connectivity index (χ2v) is 5.52. The second-order valence-electron chi connectivity index (χ2n) is 5.52. The van der Waals surface area contributed by atoms with Crippen LogP contribution < -0.4 is 5.32 Å². The highest BCUT2D eigenvalue weighted by Crippen LogP contribution is 2.32. The molecule has 0 unspecified atom stereocenters. The lowest BCUT2D eigenvalue weighted by Gasteiger charge is -2.10. The van der Waals surface area contributed by atoms with Crippen molar-refractivity contribution in [1.82, 2.24) is 14.9 Å². The van der Waals surface area contributed by atoms with Gasteiger partial charge in [0.15, 0.2) is 0 Å². The predicted octanol–water partition coefficient (Wildman–Crippen LogP) is 2.79. The standard InChI is InChI=1S/C16H20N4O/c1-20(2)9-3-7-17-16-15-12-10-11(21)4-5-13(12)19-14(15)6-8-18-16/h4-6,8,10,19,21H,3,7,9H2,1-2H3,(H,17,18). The van der Waals surface area contributed by atoms with Crippen molar-refractivity contribution in [2.24, 2.45) is 0 Å². The van der Waals surface area contributed by atoms with Gasteiger partial charge >= 0.3 is 0 Å². The molecule has 2 heterocycles. The molecule has 3 aromatic rings. The summed E-state index contributed by atoms with van der Waals surface area (Å²) < 4.78 is 0. The summed E-state index contributed by atoms with van der Waals surface area (Å²) in [5.41, 5.74) is 2.04. The highest BCUT2D eigenvalue weighted by Gasteiger charge is 2.10. The average molecular weight is 284 g/mol. The summed E-state index contributed by atoms with van der Waals surface area (Å²) in [6, 6.07) is 7.31. The van der Waals surface area contributed by atoms with E-state index in [4.69, 9.17) is 0 Å². The minimum Gasteiger partial charge on any atom is -0.508 e. The molecular weight excluding hydrogens is 264 g/mol. The van der Waals surface area contributed by atoms with Crippen LogP contribution in [0.15, 0.2) is 30.5 Å². The number of nitrogens with one attached hydrogen (secondary N) is 2. The molecule has 5 nitrogen and oxygen atoms in total. The first-order valence-electron chi connectivity index (χ1n) is 7.13. The molecule has 3 rings (SSSR count). The molecule has 21 heavy (non-hydrogen) atoms. The van der Waals surface area contributed by atoms with E-state index in [0.717, 1.165) is 47.1 Å². The fraction of sp³-hybridized carbons (Fsp3) is 0.312. The summed E-state index contributed by atoms with van der Waals surface area (Å²) >= 11 is 0. The van der Waals surface area contributed by atoms with Crippen molar-refractivity contribution in [1.29, 1.82) is 0 Å². The molecule has 5 heteroatoms. The molecule has 110 valence electrons. The summed E-state index contributed by atoms with van der Waals surface area (Å²) in [4.78, 5) is 9.97. The van der Waals surface area contributed by atoms with E-state index in [2.05, 4.69) is 34.3 Å². The average Bonchev–Trinajstić information content (AvgIpc) is 2.82. The molecule has 3 N–H and O–H groups in total. The predicted molar refractivity (Wildman–Crippen MR) is 86.9 cm³/mol. The Morgan fingerprint density at radius 3 is 2.90 bits per heavy atom. The maximum atomic E-state index is 9.71. The minimum atomic E-state index is 0.269. The third kappa shape index (κ3) is 2.78. The molecule has 0 atom stereocenters. The number of aromatic amines is 1. The first-order valence-corrected chi connectivity index (χ1v) is 7.13. The van der Waals surface area contributed by atoms with Gasteiger partial charge in [-0.15, -0.1) is 0 Å². The number of rotatable bonds is 5. The maximum absolute atomic E-state index is 9.71. The number of aromatic hydroxyl groups is 1. The molecule has 0 saturated heterocycles. The number of anilines is 1. The van der Waals surface area contributed by atoms with Gasteiger partial charge in [0, 0.05) is 29.0 Å². The Kier molecular flexibility index (Phi) is 3.66.